The number of rotatable bonds is 0. The first-order chi connectivity index (χ1) is 4.91. The van der Waals surface area contributed by atoms with Crippen molar-refractivity contribution >= 4 is 0 Å². The lowest BCUT2D eigenvalue weighted by Gasteiger charge is -2.20. The minimum Gasteiger partial charge on any atom is -0.0657 e. The van der Waals surface area contributed by atoms with Crippen LogP contribution in [0.25, 0.3) is 0 Å². The highest BCUT2D eigenvalue weighted by atomic mass is 14.3. The van der Waals surface area contributed by atoms with Crippen molar-refractivity contribution in [2.45, 2.75) is 41.0 Å². The molecule has 0 amide bonds. The lowest BCUT2D eigenvalue weighted by Crippen LogP contribution is -2.07. The van der Waals surface area contributed by atoms with Gasteiger partial charge in [0.05, 0.1) is 0 Å². The average Bonchev–Trinajstić information content (AvgIpc) is 2.11. The predicted octanol–water partition coefficient (Wildman–Crippen LogP) is 3.50. The third-order valence-electron chi connectivity index (χ3n) is 2.33. The summed E-state index contributed by atoms with van der Waals surface area (Å²) in [6, 6.07) is 0. The Morgan fingerprint density at radius 3 is 1.91 bits per heavy atom. The Bertz CT molecular complexity index is 221. The van der Waals surface area contributed by atoms with Crippen molar-refractivity contribution in [3.8, 4) is 0 Å². The first-order valence-electron chi connectivity index (χ1n) is 4.21. The van der Waals surface area contributed by atoms with Gasteiger partial charge in [-0.2, -0.15) is 0 Å². The molecule has 0 fully saturated rings. The van der Waals surface area contributed by atoms with E-state index in [-0.39, 0.29) is 0 Å². The Kier molecular flexibility index (Phi) is 1.96. The third-order valence-corrected chi connectivity index (χ3v) is 2.33. The minimum absolute atomic E-state index is 0.305. The van der Waals surface area contributed by atoms with Crippen LogP contribution in [0.5, 0.6) is 0 Å². The molecule has 1 aliphatic carbocycles. The summed E-state index contributed by atoms with van der Waals surface area (Å²) < 4.78 is 0. The fourth-order valence-electron chi connectivity index (χ4n) is 1.23. The minimum atomic E-state index is 0.305. The van der Waals surface area contributed by atoms with Gasteiger partial charge in [0.1, 0.15) is 0 Å². The smallest absolute Gasteiger partial charge is 0.00907 e. The lowest BCUT2D eigenvalue weighted by molar-refractivity contribution is 0.492. The van der Waals surface area contributed by atoms with Crippen molar-refractivity contribution in [3.63, 3.8) is 0 Å². The van der Waals surface area contributed by atoms with Gasteiger partial charge in [0.2, 0.25) is 0 Å². The quantitative estimate of drug-likeness (QED) is 0.494. The summed E-state index contributed by atoms with van der Waals surface area (Å²) in [7, 11) is 0. The maximum absolute atomic E-state index is 3.44. The van der Waals surface area contributed by atoms with Gasteiger partial charge in [-0.25, -0.2) is 0 Å². The molecule has 0 unspecified atom stereocenters. The Labute approximate surface area is 70.0 Å². The fraction of sp³-hybridized carbons (Fsp3) is 0.636. The van der Waals surface area contributed by atoms with Crippen LogP contribution in [-0.2, 0) is 0 Å². The molecule has 61 valence electrons. The standard InChI is InChI=1S/C11H17/c1-8-6-10(7-9(8)2)11(3,4)5/h6H2,1-5H3. The van der Waals surface area contributed by atoms with Crippen LogP contribution in [0.15, 0.2) is 16.7 Å². The van der Waals surface area contributed by atoms with E-state index in [1.54, 1.807) is 0 Å². The Balaban J connectivity index is 2.80. The molecule has 1 rings (SSSR count). The molecule has 1 aliphatic rings. The maximum atomic E-state index is 3.44. The van der Waals surface area contributed by atoms with Crippen molar-refractivity contribution < 1.29 is 0 Å². The molecule has 0 bridgehead atoms. The Morgan fingerprint density at radius 2 is 1.73 bits per heavy atom. The molecule has 1 radical (unpaired) electrons. The molecule has 0 spiro atoms. The molecule has 0 heteroatoms. The topological polar surface area (TPSA) is 0 Å². The van der Waals surface area contributed by atoms with Crippen LogP contribution in [0, 0.1) is 11.5 Å². The van der Waals surface area contributed by atoms with Crippen molar-refractivity contribution in [1.82, 2.24) is 0 Å². The summed E-state index contributed by atoms with van der Waals surface area (Å²) in [6.45, 7) is 11.1. The molecule has 0 saturated carbocycles. The van der Waals surface area contributed by atoms with Crippen LogP contribution in [0.4, 0.5) is 0 Å². The normalized spacial score (nSPS) is 19.2. The van der Waals surface area contributed by atoms with E-state index >= 15 is 0 Å². The molecule has 0 aromatic rings. The molecule has 0 saturated heterocycles. The molecule has 0 aliphatic heterocycles. The molecule has 11 heavy (non-hydrogen) atoms. The van der Waals surface area contributed by atoms with Crippen molar-refractivity contribution in [1.29, 1.82) is 0 Å². The van der Waals surface area contributed by atoms with E-state index < -0.39 is 0 Å². The molecular formula is C11H17. The molecular weight excluding hydrogens is 132 g/mol. The first-order valence-corrected chi connectivity index (χ1v) is 4.21. The van der Waals surface area contributed by atoms with Gasteiger partial charge < -0.3 is 0 Å². The maximum Gasteiger partial charge on any atom is -0.00907 e. The van der Waals surface area contributed by atoms with E-state index in [0.29, 0.717) is 5.41 Å². The van der Waals surface area contributed by atoms with Gasteiger partial charge in [0.25, 0.3) is 0 Å². The summed E-state index contributed by atoms with van der Waals surface area (Å²) >= 11 is 0. The van der Waals surface area contributed by atoms with Gasteiger partial charge in [-0.15, -0.1) is 0 Å². The predicted molar refractivity (Wildman–Crippen MR) is 49.2 cm³/mol. The van der Waals surface area contributed by atoms with E-state index in [1.165, 1.54) is 16.7 Å². The number of hydrogen-bond donors (Lipinski definition) is 0. The fourth-order valence-corrected chi connectivity index (χ4v) is 1.23. The highest BCUT2D eigenvalue weighted by Crippen LogP contribution is 2.35. The van der Waals surface area contributed by atoms with Crippen molar-refractivity contribution in [2.24, 2.45) is 5.41 Å². The molecule has 0 aromatic carbocycles. The van der Waals surface area contributed by atoms with Crippen molar-refractivity contribution in [2.75, 3.05) is 0 Å². The first kappa shape index (κ1) is 8.58. The highest BCUT2D eigenvalue weighted by Gasteiger charge is 2.21. The summed E-state index contributed by atoms with van der Waals surface area (Å²) in [5.74, 6) is 0. The monoisotopic (exact) mass is 149 g/mol. The number of hydrogen-bond acceptors (Lipinski definition) is 0. The second kappa shape index (κ2) is 2.51. The van der Waals surface area contributed by atoms with E-state index in [9.17, 15) is 0 Å². The van der Waals surface area contributed by atoms with Gasteiger partial charge in [-0.05, 0) is 37.3 Å². The van der Waals surface area contributed by atoms with Gasteiger partial charge >= 0.3 is 0 Å². The second-order valence-corrected chi connectivity index (χ2v) is 4.44. The molecule has 0 nitrogen and oxygen atoms in total. The number of allylic oxidation sites excluding steroid dienone is 4. The van der Waals surface area contributed by atoms with Gasteiger partial charge in [0, 0.05) is 0 Å². The van der Waals surface area contributed by atoms with Crippen LogP contribution >= 0.6 is 0 Å². The highest BCUT2D eigenvalue weighted by molar-refractivity contribution is 5.34. The second-order valence-electron chi connectivity index (χ2n) is 4.44. The van der Waals surface area contributed by atoms with Crippen LogP contribution in [-0.4, -0.2) is 0 Å². The van der Waals surface area contributed by atoms with Crippen molar-refractivity contribution in [3.05, 3.63) is 22.8 Å². The molecule has 0 heterocycles. The molecule has 0 N–H and O–H groups in total. The Morgan fingerprint density at radius 1 is 1.18 bits per heavy atom. The van der Waals surface area contributed by atoms with Crippen LogP contribution in [0.2, 0.25) is 0 Å². The van der Waals surface area contributed by atoms with E-state index in [2.05, 4.69) is 40.7 Å². The summed E-state index contributed by atoms with van der Waals surface area (Å²) in [4.78, 5) is 0. The average molecular weight is 149 g/mol. The summed E-state index contributed by atoms with van der Waals surface area (Å²) in [6.07, 6.45) is 4.57. The van der Waals surface area contributed by atoms with Crippen LogP contribution < -0.4 is 0 Å². The third kappa shape index (κ3) is 1.74. The van der Waals surface area contributed by atoms with Gasteiger partial charge in [0.15, 0.2) is 0 Å². The van der Waals surface area contributed by atoms with E-state index in [0.717, 1.165) is 6.42 Å². The van der Waals surface area contributed by atoms with Crippen LogP contribution in [0.1, 0.15) is 41.0 Å². The summed E-state index contributed by atoms with van der Waals surface area (Å²) in [5.41, 5.74) is 4.58. The largest absolute Gasteiger partial charge is 0.0657 e. The lowest BCUT2D eigenvalue weighted by atomic mass is 9.85. The zero-order chi connectivity index (χ0) is 8.65. The Hall–Kier alpha value is -0.520. The SMILES string of the molecule is CC1=C(C)CC(C(C)(C)C)=[C]1. The van der Waals surface area contributed by atoms with Gasteiger partial charge in [-0.1, -0.05) is 31.9 Å². The zero-order valence-corrected chi connectivity index (χ0v) is 8.21. The van der Waals surface area contributed by atoms with E-state index in [1.807, 2.05) is 0 Å². The zero-order valence-electron chi connectivity index (χ0n) is 8.21. The van der Waals surface area contributed by atoms with E-state index in [4.69, 9.17) is 0 Å². The van der Waals surface area contributed by atoms with Gasteiger partial charge in [-0.3, -0.25) is 0 Å². The molecule has 0 atom stereocenters. The summed E-state index contributed by atoms with van der Waals surface area (Å²) in [5, 5.41) is 0. The molecule has 0 aromatic heterocycles. The van der Waals surface area contributed by atoms with Crippen LogP contribution in [0.3, 0.4) is 0 Å².